The van der Waals surface area contributed by atoms with Gasteiger partial charge in [0.1, 0.15) is 0 Å². The maximum Gasteiger partial charge on any atom is 0.231 e. The normalized spacial score (nSPS) is 29.7. The van der Waals surface area contributed by atoms with Gasteiger partial charge in [0, 0.05) is 18.5 Å². The summed E-state index contributed by atoms with van der Waals surface area (Å²) in [5.74, 6) is 1.07. The highest BCUT2D eigenvalue weighted by Crippen LogP contribution is 2.49. The van der Waals surface area contributed by atoms with E-state index in [1.807, 2.05) is 18.2 Å². The van der Waals surface area contributed by atoms with Crippen LogP contribution in [0.4, 0.5) is 0 Å². The first-order valence-corrected chi connectivity index (χ1v) is 8.95. The highest BCUT2D eigenvalue weighted by atomic mass is 16.5. The van der Waals surface area contributed by atoms with Crippen LogP contribution in [0.25, 0.3) is 0 Å². The zero-order valence-corrected chi connectivity index (χ0v) is 15.0. The molecule has 1 saturated heterocycles. The number of amides is 1. The molecule has 2 unspecified atom stereocenters. The molecule has 2 aliphatic rings. The molecule has 6 nitrogen and oxygen atoms in total. The van der Waals surface area contributed by atoms with Crippen molar-refractivity contribution in [2.75, 3.05) is 27.3 Å². The first-order chi connectivity index (χ1) is 12.0. The minimum atomic E-state index is -0.662. The molecule has 1 heterocycles. The average Bonchev–Trinajstić information content (AvgIpc) is 2.60. The molecule has 1 aliphatic carbocycles. The number of carbonyl (C=O) groups excluding carboxylic acids is 1. The maximum absolute atomic E-state index is 11.6. The van der Waals surface area contributed by atoms with E-state index in [1.165, 1.54) is 0 Å². The van der Waals surface area contributed by atoms with Crippen LogP contribution in [-0.4, -0.2) is 48.8 Å². The number of nitrogens with zero attached hydrogens (tertiary/aromatic N) is 1. The molecular weight excluding hydrogens is 320 g/mol. The number of primary amides is 1. The van der Waals surface area contributed by atoms with Crippen LogP contribution in [0.15, 0.2) is 18.2 Å². The average molecular weight is 348 g/mol. The number of ether oxygens (including phenoxy) is 2. The second-order valence-electron chi connectivity index (χ2n) is 7.20. The summed E-state index contributed by atoms with van der Waals surface area (Å²) in [6.45, 7) is 0.862. The first-order valence-electron chi connectivity index (χ1n) is 8.95. The Bertz CT molecular complexity index is 636. The van der Waals surface area contributed by atoms with Crippen molar-refractivity contribution in [3.05, 3.63) is 23.8 Å². The molecule has 3 atom stereocenters. The van der Waals surface area contributed by atoms with E-state index in [1.54, 1.807) is 14.2 Å². The number of piperidine rings is 1. The van der Waals surface area contributed by atoms with Crippen LogP contribution in [-0.2, 0) is 4.79 Å². The van der Waals surface area contributed by atoms with Crippen molar-refractivity contribution < 1.29 is 19.4 Å². The molecule has 1 aliphatic heterocycles. The minimum absolute atomic E-state index is 0.0497. The molecule has 0 radical (unpaired) electrons. The van der Waals surface area contributed by atoms with Crippen molar-refractivity contribution in [1.82, 2.24) is 4.90 Å². The van der Waals surface area contributed by atoms with Gasteiger partial charge in [0.2, 0.25) is 5.91 Å². The summed E-state index contributed by atoms with van der Waals surface area (Å²) in [4.78, 5) is 13.7. The van der Waals surface area contributed by atoms with Gasteiger partial charge in [-0.05, 0) is 37.0 Å². The largest absolute Gasteiger partial charge is 0.493 e. The van der Waals surface area contributed by atoms with Crippen LogP contribution >= 0.6 is 0 Å². The molecule has 0 spiro atoms. The summed E-state index contributed by atoms with van der Waals surface area (Å²) < 4.78 is 10.8. The molecule has 138 valence electrons. The lowest BCUT2D eigenvalue weighted by Gasteiger charge is -2.52. The van der Waals surface area contributed by atoms with Gasteiger partial charge in [-0.1, -0.05) is 18.9 Å². The Labute approximate surface area is 148 Å². The smallest absolute Gasteiger partial charge is 0.231 e. The highest BCUT2D eigenvalue weighted by Gasteiger charge is 2.49. The Morgan fingerprint density at radius 2 is 2.04 bits per heavy atom. The third kappa shape index (κ3) is 3.46. The second-order valence-corrected chi connectivity index (χ2v) is 7.20. The Kier molecular flexibility index (Phi) is 5.20. The lowest BCUT2D eigenvalue weighted by atomic mass is 9.66. The molecule has 3 N–H and O–H groups in total. The van der Waals surface area contributed by atoms with Gasteiger partial charge in [0.25, 0.3) is 0 Å². The van der Waals surface area contributed by atoms with Gasteiger partial charge in [0.15, 0.2) is 11.5 Å². The summed E-state index contributed by atoms with van der Waals surface area (Å²) in [6, 6.07) is 5.79. The highest BCUT2D eigenvalue weighted by molar-refractivity contribution is 5.76. The number of hydrogen-bond donors (Lipinski definition) is 2. The molecule has 0 bridgehead atoms. The van der Waals surface area contributed by atoms with Gasteiger partial charge in [-0.2, -0.15) is 0 Å². The minimum Gasteiger partial charge on any atom is -0.493 e. The van der Waals surface area contributed by atoms with E-state index in [9.17, 15) is 9.90 Å². The number of benzene rings is 1. The van der Waals surface area contributed by atoms with Crippen molar-refractivity contribution >= 4 is 5.91 Å². The van der Waals surface area contributed by atoms with Gasteiger partial charge >= 0.3 is 0 Å². The van der Waals surface area contributed by atoms with Crippen LogP contribution in [0.1, 0.15) is 43.7 Å². The number of likely N-dealkylation sites (tertiary alicyclic amines) is 1. The summed E-state index contributed by atoms with van der Waals surface area (Å²) in [7, 11) is 3.22. The molecule has 0 aromatic heterocycles. The number of aliphatic hydroxyl groups is 1. The molecule has 1 aromatic rings. The van der Waals surface area contributed by atoms with E-state index < -0.39 is 5.60 Å². The van der Waals surface area contributed by atoms with Crippen LogP contribution in [0.2, 0.25) is 0 Å². The fourth-order valence-electron chi connectivity index (χ4n) is 4.60. The van der Waals surface area contributed by atoms with Gasteiger partial charge in [-0.3, -0.25) is 9.69 Å². The number of nitrogens with two attached hydrogens (primary N) is 1. The van der Waals surface area contributed by atoms with E-state index in [0.717, 1.165) is 31.2 Å². The number of carbonyl (C=O) groups is 1. The lowest BCUT2D eigenvalue weighted by molar-refractivity contribution is -0.136. The molecule has 25 heavy (non-hydrogen) atoms. The molecule has 6 heteroatoms. The van der Waals surface area contributed by atoms with Crippen LogP contribution in [0.3, 0.4) is 0 Å². The zero-order valence-electron chi connectivity index (χ0n) is 15.0. The van der Waals surface area contributed by atoms with Crippen molar-refractivity contribution in [2.24, 2.45) is 11.7 Å². The molecule has 3 rings (SSSR count). The van der Waals surface area contributed by atoms with Crippen LogP contribution in [0.5, 0.6) is 11.5 Å². The summed E-state index contributed by atoms with van der Waals surface area (Å²) in [5.41, 5.74) is 5.85. The van der Waals surface area contributed by atoms with E-state index in [4.69, 9.17) is 15.2 Å². The Hall–Kier alpha value is -1.79. The standard InChI is InChI=1S/C19H28N2O4/c1-24-15-7-6-13(11-16(15)25-2)18-14-5-3-4-8-19(14,23)9-10-21(18)12-17(20)22/h6-7,11,14,18,23H,3-5,8-10,12H2,1-2H3,(H2,20,22)/t14?,18-,19?/m0/s1. The molecular formula is C19H28N2O4. The number of hydrogen-bond acceptors (Lipinski definition) is 5. The monoisotopic (exact) mass is 348 g/mol. The van der Waals surface area contributed by atoms with Gasteiger partial charge in [-0.15, -0.1) is 0 Å². The number of rotatable bonds is 5. The van der Waals surface area contributed by atoms with E-state index >= 15 is 0 Å². The first kappa shape index (κ1) is 18.0. The van der Waals surface area contributed by atoms with Gasteiger partial charge < -0.3 is 20.3 Å². The van der Waals surface area contributed by atoms with E-state index in [-0.39, 0.29) is 24.4 Å². The Balaban J connectivity index is 2.01. The zero-order chi connectivity index (χ0) is 18.0. The quantitative estimate of drug-likeness (QED) is 0.848. The third-order valence-electron chi connectivity index (χ3n) is 5.78. The van der Waals surface area contributed by atoms with Gasteiger partial charge in [-0.25, -0.2) is 0 Å². The summed E-state index contributed by atoms with van der Waals surface area (Å²) in [6.07, 6.45) is 4.62. The van der Waals surface area contributed by atoms with Crippen LogP contribution in [0, 0.1) is 5.92 Å². The predicted molar refractivity (Wildman–Crippen MR) is 94.6 cm³/mol. The van der Waals surface area contributed by atoms with E-state index in [0.29, 0.717) is 24.5 Å². The Morgan fingerprint density at radius 3 is 2.72 bits per heavy atom. The molecule has 1 amide bonds. The van der Waals surface area contributed by atoms with E-state index in [2.05, 4.69) is 4.90 Å². The van der Waals surface area contributed by atoms with Crippen molar-refractivity contribution in [3.8, 4) is 11.5 Å². The molecule has 1 saturated carbocycles. The Morgan fingerprint density at radius 1 is 1.28 bits per heavy atom. The number of fused-ring (bicyclic) bond motifs is 1. The third-order valence-corrected chi connectivity index (χ3v) is 5.78. The summed E-state index contributed by atoms with van der Waals surface area (Å²) in [5, 5.41) is 11.2. The van der Waals surface area contributed by atoms with Crippen molar-refractivity contribution in [3.63, 3.8) is 0 Å². The summed E-state index contributed by atoms with van der Waals surface area (Å²) >= 11 is 0. The van der Waals surface area contributed by atoms with Crippen LogP contribution < -0.4 is 15.2 Å². The fraction of sp³-hybridized carbons (Fsp3) is 0.632. The fourth-order valence-corrected chi connectivity index (χ4v) is 4.60. The molecule has 2 fully saturated rings. The van der Waals surface area contributed by atoms with Gasteiger partial charge in [0.05, 0.1) is 26.4 Å². The molecule has 1 aromatic carbocycles. The second kappa shape index (κ2) is 7.22. The lowest BCUT2D eigenvalue weighted by Crippen LogP contribution is -2.56. The predicted octanol–water partition coefficient (Wildman–Crippen LogP) is 1.86. The van der Waals surface area contributed by atoms with Crippen molar-refractivity contribution in [2.45, 2.75) is 43.7 Å². The topological polar surface area (TPSA) is 85.0 Å². The SMILES string of the molecule is COc1ccc([C@H]2C3CCCCC3(O)CCN2CC(N)=O)cc1OC. The maximum atomic E-state index is 11.6. The van der Waals surface area contributed by atoms with Crippen molar-refractivity contribution in [1.29, 1.82) is 0 Å². The number of methoxy groups -OCH3 is 2.